The molecular formula is C14H28N2O. The average Bonchev–Trinajstić information content (AvgIpc) is 2.40. The van der Waals surface area contributed by atoms with E-state index in [0.29, 0.717) is 5.41 Å². The molecule has 0 saturated carbocycles. The van der Waals surface area contributed by atoms with Crippen LogP contribution in [-0.2, 0) is 4.74 Å². The molecule has 3 heteroatoms. The van der Waals surface area contributed by atoms with Crippen LogP contribution in [0.4, 0.5) is 0 Å². The first-order valence-electron chi connectivity index (χ1n) is 7.28. The number of nitrogens with zero attached hydrogens (tertiary/aromatic N) is 1. The third-order valence-electron chi connectivity index (χ3n) is 4.73. The van der Waals surface area contributed by atoms with Gasteiger partial charge in [-0.15, -0.1) is 0 Å². The van der Waals surface area contributed by atoms with Gasteiger partial charge in [-0.3, -0.25) is 0 Å². The topological polar surface area (TPSA) is 38.5 Å². The van der Waals surface area contributed by atoms with E-state index in [1.54, 1.807) is 0 Å². The number of likely N-dealkylation sites (tertiary alicyclic amines) is 1. The van der Waals surface area contributed by atoms with E-state index in [1.807, 2.05) is 0 Å². The van der Waals surface area contributed by atoms with E-state index in [-0.39, 0.29) is 0 Å². The van der Waals surface area contributed by atoms with Crippen molar-refractivity contribution in [2.75, 3.05) is 39.4 Å². The molecule has 2 heterocycles. The Hall–Kier alpha value is -0.120. The SMILES string of the molecule is CCC1CCCN(CC2(CN)CCOCC2)C1. The first-order chi connectivity index (χ1) is 8.28. The molecule has 0 aromatic heterocycles. The van der Waals surface area contributed by atoms with E-state index >= 15 is 0 Å². The second kappa shape index (κ2) is 6.17. The first kappa shape index (κ1) is 13.3. The maximum atomic E-state index is 6.04. The summed E-state index contributed by atoms with van der Waals surface area (Å²) < 4.78 is 5.48. The van der Waals surface area contributed by atoms with Crippen LogP contribution >= 0.6 is 0 Å². The van der Waals surface area contributed by atoms with Crippen molar-refractivity contribution in [2.24, 2.45) is 17.1 Å². The molecule has 0 aromatic carbocycles. The highest BCUT2D eigenvalue weighted by Gasteiger charge is 2.34. The zero-order chi connectivity index (χ0) is 12.1. The molecule has 3 nitrogen and oxygen atoms in total. The van der Waals surface area contributed by atoms with Gasteiger partial charge < -0.3 is 15.4 Å². The van der Waals surface area contributed by atoms with Crippen LogP contribution in [-0.4, -0.2) is 44.3 Å². The summed E-state index contributed by atoms with van der Waals surface area (Å²) in [6.07, 6.45) is 6.42. The van der Waals surface area contributed by atoms with Crippen LogP contribution in [0.15, 0.2) is 0 Å². The lowest BCUT2D eigenvalue weighted by atomic mass is 9.79. The van der Waals surface area contributed by atoms with Crippen molar-refractivity contribution in [3.05, 3.63) is 0 Å². The predicted octanol–water partition coefficient (Wildman–Crippen LogP) is 1.86. The molecule has 0 radical (unpaired) electrons. The molecule has 2 aliphatic rings. The number of piperidine rings is 1. The molecule has 2 N–H and O–H groups in total. The summed E-state index contributed by atoms with van der Waals surface area (Å²) in [5, 5.41) is 0. The van der Waals surface area contributed by atoms with E-state index in [1.165, 1.54) is 38.9 Å². The van der Waals surface area contributed by atoms with Crippen LogP contribution in [0, 0.1) is 11.3 Å². The molecule has 2 aliphatic heterocycles. The van der Waals surface area contributed by atoms with E-state index in [2.05, 4.69) is 11.8 Å². The van der Waals surface area contributed by atoms with Gasteiger partial charge in [-0.2, -0.15) is 0 Å². The molecule has 0 bridgehead atoms. The Kier molecular flexibility index (Phi) is 4.83. The Morgan fingerprint density at radius 2 is 2.12 bits per heavy atom. The Labute approximate surface area is 106 Å². The second-order valence-electron chi connectivity index (χ2n) is 5.97. The number of nitrogens with two attached hydrogens (primary N) is 1. The highest BCUT2D eigenvalue weighted by molar-refractivity contribution is 4.87. The molecule has 0 aliphatic carbocycles. The van der Waals surface area contributed by atoms with Crippen molar-refractivity contribution in [1.82, 2.24) is 4.90 Å². The van der Waals surface area contributed by atoms with Crippen LogP contribution in [0.3, 0.4) is 0 Å². The van der Waals surface area contributed by atoms with Gasteiger partial charge in [-0.1, -0.05) is 13.3 Å². The van der Waals surface area contributed by atoms with E-state index in [0.717, 1.165) is 38.5 Å². The van der Waals surface area contributed by atoms with Crippen LogP contribution in [0.2, 0.25) is 0 Å². The third kappa shape index (κ3) is 3.43. The first-order valence-corrected chi connectivity index (χ1v) is 7.28. The molecule has 1 atom stereocenters. The van der Waals surface area contributed by atoms with Gasteiger partial charge in [-0.05, 0) is 50.1 Å². The lowest BCUT2D eigenvalue weighted by molar-refractivity contribution is -0.00705. The minimum atomic E-state index is 0.341. The fourth-order valence-corrected chi connectivity index (χ4v) is 3.33. The highest BCUT2D eigenvalue weighted by atomic mass is 16.5. The zero-order valence-electron chi connectivity index (χ0n) is 11.3. The fraction of sp³-hybridized carbons (Fsp3) is 1.00. The largest absolute Gasteiger partial charge is 0.381 e. The predicted molar refractivity (Wildman–Crippen MR) is 71.0 cm³/mol. The highest BCUT2D eigenvalue weighted by Crippen LogP contribution is 2.32. The van der Waals surface area contributed by atoms with Gasteiger partial charge >= 0.3 is 0 Å². The molecule has 0 aromatic rings. The minimum absolute atomic E-state index is 0.341. The molecule has 2 saturated heterocycles. The summed E-state index contributed by atoms with van der Waals surface area (Å²) in [5.74, 6) is 0.915. The monoisotopic (exact) mass is 240 g/mol. The lowest BCUT2D eigenvalue weighted by Crippen LogP contribution is -2.48. The van der Waals surface area contributed by atoms with Gasteiger partial charge in [0, 0.05) is 26.3 Å². The maximum Gasteiger partial charge on any atom is 0.0472 e. The van der Waals surface area contributed by atoms with Crippen LogP contribution in [0.1, 0.15) is 39.0 Å². The Morgan fingerprint density at radius 3 is 2.76 bits per heavy atom. The van der Waals surface area contributed by atoms with Gasteiger partial charge in [0.1, 0.15) is 0 Å². The molecule has 17 heavy (non-hydrogen) atoms. The van der Waals surface area contributed by atoms with Crippen molar-refractivity contribution in [3.63, 3.8) is 0 Å². The fourth-order valence-electron chi connectivity index (χ4n) is 3.33. The summed E-state index contributed by atoms with van der Waals surface area (Å²) in [7, 11) is 0. The van der Waals surface area contributed by atoms with Crippen molar-refractivity contribution < 1.29 is 4.74 Å². The van der Waals surface area contributed by atoms with Crippen LogP contribution < -0.4 is 5.73 Å². The maximum absolute atomic E-state index is 6.04. The number of rotatable bonds is 4. The quantitative estimate of drug-likeness (QED) is 0.815. The summed E-state index contributed by atoms with van der Waals surface area (Å²) in [6, 6.07) is 0. The number of hydrogen-bond donors (Lipinski definition) is 1. The van der Waals surface area contributed by atoms with Crippen molar-refractivity contribution in [1.29, 1.82) is 0 Å². The Balaban J connectivity index is 1.88. The van der Waals surface area contributed by atoms with Gasteiger partial charge in [0.15, 0.2) is 0 Å². The van der Waals surface area contributed by atoms with Gasteiger partial charge in [0.25, 0.3) is 0 Å². The van der Waals surface area contributed by atoms with Crippen molar-refractivity contribution >= 4 is 0 Å². The molecule has 2 fully saturated rings. The van der Waals surface area contributed by atoms with Gasteiger partial charge in [0.2, 0.25) is 0 Å². The van der Waals surface area contributed by atoms with Crippen LogP contribution in [0.5, 0.6) is 0 Å². The Morgan fingerprint density at radius 1 is 1.35 bits per heavy atom. The number of ether oxygens (including phenoxy) is 1. The summed E-state index contributed by atoms with van der Waals surface area (Å²) >= 11 is 0. The minimum Gasteiger partial charge on any atom is -0.381 e. The zero-order valence-corrected chi connectivity index (χ0v) is 11.3. The second-order valence-corrected chi connectivity index (χ2v) is 5.97. The number of hydrogen-bond acceptors (Lipinski definition) is 3. The average molecular weight is 240 g/mol. The van der Waals surface area contributed by atoms with E-state index in [9.17, 15) is 0 Å². The molecular weight excluding hydrogens is 212 g/mol. The third-order valence-corrected chi connectivity index (χ3v) is 4.73. The summed E-state index contributed by atoms with van der Waals surface area (Å²) in [6.45, 7) is 8.72. The Bertz CT molecular complexity index is 226. The van der Waals surface area contributed by atoms with E-state index in [4.69, 9.17) is 10.5 Å². The van der Waals surface area contributed by atoms with Gasteiger partial charge in [-0.25, -0.2) is 0 Å². The lowest BCUT2D eigenvalue weighted by Gasteiger charge is -2.42. The molecule has 100 valence electrons. The van der Waals surface area contributed by atoms with E-state index < -0.39 is 0 Å². The normalized spacial score (nSPS) is 30.4. The summed E-state index contributed by atoms with van der Waals surface area (Å²) in [5.41, 5.74) is 6.38. The van der Waals surface area contributed by atoms with Crippen LogP contribution in [0.25, 0.3) is 0 Å². The standard InChI is InChI=1S/C14H28N2O/c1-2-13-4-3-7-16(10-13)12-14(11-15)5-8-17-9-6-14/h13H,2-12,15H2,1H3. The van der Waals surface area contributed by atoms with Gasteiger partial charge in [0.05, 0.1) is 0 Å². The summed E-state index contributed by atoms with van der Waals surface area (Å²) in [4.78, 5) is 2.66. The molecule has 0 amide bonds. The molecule has 0 spiro atoms. The smallest absolute Gasteiger partial charge is 0.0472 e. The van der Waals surface area contributed by atoms with Crippen molar-refractivity contribution in [2.45, 2.75) is 39.0 Å². The molecule has 1 unspecified atom stereocenters. The molecule has 2 rings (SSSR count). The van der Waals surface area contributed by atoms with Crippen molar-refractivity contribution in [3.8, 4) is 0 Å².